The highest BCUT2D eigenvalue weighted by atomic mass is 79.9. The number of ether oxygens (including phenoxy) is 2. The molecule has 0 aliphatic heterocycles. The first-order valence-electron chi connectivity index (χ1n) is 10.2. The standard InChI is InChI=1S/C20H33BrClN3O3Si2/c1-29(2,3)11-9-27-14-24-19(17-8-7-16(21)13-18(17)22)23-25(20(24)26)15-28-10-12-30(4,5)6/h7-8,13H,9-12,14-15H2,1-6H3. The van der Waals surface area contributed by atoms with Crippen LogP contribution in [0.4, 0.5) is 0 Å². The molecule has 0 spiro atoms. The van der Waals surface area contributed by atoms with Gasteiger partial charge in [0.2, 0.25) is 0 Å². The lowest BCUT2D eigenvalue weighted by Gasteiger charge is -2.15. The summed E-state index contributed by atoms with van der Waals surface area (Å²) in [5.41, 5.74) is 0.427. The van der Waals surface area contributed by atoms with Gasteiger partial charge in [-0.2, -0.15) is 4.68 Å². The summed E-state index contributed by atoms with van der Waals surface area (Å²) in [5.74, 6) is 0.485. The molecule has 6 nitrogen and oxygen atoms in total. The zero-order valence-corrected chi connectivity index (χ0v) is 23.1. The largest absolute Gasteiger partial charge is 0.361 e. The molecule has 0 fully saturated rings. The number of halogens is 2. The van der Waals surface area contributed by atoms with Crippen molar-refractivity contribution in [3.63, 3.8) is 0 Å². The lowest BCUT2D eigenvalue weighted by molar-refractivity contribution is 0.0692. The van der Waals surface area contributed by atoms with Gasteiger partial charge in [-0.15, -0.1) is 5.10 Å². The maximum Gasteiger partial charge on any atom is 0.350 e. The van der Waals surface area contributed by atoms with E-state index in [-0.39, 0.29) is 19.2 Å². The molecule has 0 aliphatic rings. The number of hydrogen-bond donors (Lipinski definition) is 0. The van der Waals surface area contributed by atoms with Crippen LogP contribution >= 0.6 is 27.5 Å². The average Bonchev–Trinajstić information content (AvgIpc) is 2.90. The highest BCUT2D eigenvalue weighted by Crippen LogP contribution is 2.29. The number of rotatable bonds is 11. The SMILES string of the molecule is C[Si](C)(C)CCOCn1nc(-c2ccc(Br)cc2Cl)n(COCC[Si](C)(C)C)c1=O. The van der Waals surface area contributed by atoms with Crippen LogP contribution in [0.3, 0.4) is 0 Å². The van der Waals surface area contributed by atoms with Crippen LogP contribution in [0.15, 0.2) is 27.5 Å². The average molecular weight is 535 g/mol. The first-order chi connectivity index (χ1) is 13.9. The first-order valence-corrected chi connectivity index (χ1v) is 18.7. The van der Waals surface area contributed by atoms with Crippen LogP contribution < -0.4 is 5.69 Å². The van der Waals surface area contributed by atoms with E-state index in [0.717, 1.165) is 16.6 Å². The zero-order valence-electron chi connectivity index (χ0n) is 18.8. The third kappa shape index (κ3) is 8.08. The van der Waals surface area contributed by atoms with Crippen molar-refractivity contribution < 1.29 is 9.47 Å². The van der Waals surface area contributed by atoms with Crippen LogP contribution in [-0.2, 0) is 22.9 Å². The zero-order chi connectivity index (χ0) is 22.5. The first kappa shape index (κ1) is 25.5. The fourth-order valence-electron chi connectivity index (χ4n) is 2.58. The second-order valence-electron chi connectivity index (χ2n) is 9.85. The molecule has 1 aromatic carbocycles. The molecule has 10 heteroatoms. The fraction of sp³-hybridized carbons (Fsp3) is 0.600. The predicted molar refractivity (Wildman–Crippen MR) is 133 cm³/mol. The Labute approximate surface area is 194 Å². The molecule has 0 aliphatic carbocycles. The van der Waals surface area contributed by atoms with Gasteiger partial charge in [-0.3, -0.25) is 4.57 Å². The van der Waals surface area contributed by atoms with E-state index < -0.39 is 16.1 Å². The third-order valence-electron chi connectivity index (χ3n) is 4.52. The summed E-state index contributed by atoms with van der Waals surface area (Å²) in [6, 6.07) is 7.59. The minimum atomic E-state index is -1.21. The van der Waals surface area contributed by atoms with Gasteiger partial charge in [0.15, 0.2) is 5.82 Å². The van der Waals surface area contributed by atoms with Gasteiger partial charge in [0, 0.05) is 39.4 Å². The minimum absolute atomic E-state index is 0.117. The van der Waals surface area contributed by atoms with Crippen molar-refractivity contribution in [3.05, 3.63) is 38.2 Å². The van der Waals surface area contributed by atoms with Gasteiger partial charge >= 0.3 is 5.69 Å². The van der Waals surface area contributed by atoms with Crippen molar-refractivity contribution in [1.82, 2.24) is 14.3 Å². The Morgan fingerprint density at radius 2 is 1.57 bits per heavy atom. The van der Waals surface area contributed by atoms with Crippen LogP contribution in [-0.4, -0.2) is 43.7 Å². The molecule has 1 heterocycles. The molecule has 2 rings (SSSR count). The number of hydrogen-bond acceptors (Lipinski definition) is 4. The molecule has 0 amide bonds. The van der Waals surface area contributed by atoms with E-state index >= 15 is 0 Å². The maximum absolute atomic E-state index is 13.0. The molecule has 0 atom stereocenters. The highest BCUT2D eigenvalue weighted by Gasteiger charge is 2.19. The van der Waals surface area contributed by atoms with Gasteiger partial charge in [0.1, 0.15) is 13.5 Å². The topological polar surface area (TPSA) is 58.3 Å². The second-order valence-corrected chi connectivity index (χ2v) is 22.4. The molecular weight excluding hydrogens is 502 g/mol. The second kappa shape index (κ2) is 10.7. The summed E-state index contributed by atoms with van der Waals surface area (Å²) >= 11 is 9.86. The van der Waals surface area contributed by atoms with Crippen LogP contribution in [0.2, 0.25) is 56.4 Å². The van der Waals surface area contributed by atoms with Crippen molar-refractivity contribution in [3.8, 4) is 11.4 Å². The van der Waals surface area contributed by atoms with E-state index in [1.54, 1.807) is 6.07 Å². The molecule has 30 heavy (non-hydrogen) atoms. The minimum Gasteiger partial charge on any atom is -0.361 e. The van der Waals surface area contributed by atoms with Crippen molar-refractivity contribution in [2.24, 2.45) is 0 Å². The molecule has 0 unspecified atom stereocenters. The Hall–Kier alpha value is -0.716. The van der Waals surface area contributed by atoms with Gasteiger partial charge in [0.05, 0.1) is 5.02 Å². The van der Waals surface area contributed by atoms with Crippen molar-refractivity contribution in [2.75, 3.05) is 13.2 Å². The number of benzene rings is 1. The van der Waals surface area contributed by atoms with Crippen molar-refractivity contribution in [1.29, 1.82) is 0 Å². The monoisotopic (exact) mass is 533 g/mol. The molecule has 0 saturated carbocycles. The van der Waals surface area contributed by atoms with Gasteiger partial charge in [-0.25, -0.2) is 4.79 Å². The van der Waals surface area contributed by atoms with E-state index in [1.807, 2.05) is 12.1 Å². The van der Waals surface area contributed by atoms with Crippen LogP contribution in [0.5, 0.6) is 0 Å². The van der Waals surface area contributed by atoms with E-state index in [2.05, 4.69) is 60.3 Å². The summed E-state index contributed by atoms with van der Waals surface area (Å²) in [5, 5.41) is 5.03. The smallest absolute Gasteiger partial charge is 0.350 e. The summed E-state index contributed by atoms with van der Waals surface area (Å²) in [7, 11) is -2.40. The molecule has 0 saturated heterocycles. The highest BCUT2D eigenvalue weighted by molar-refractivity contribution is 9.10. The summed E-state index contributed by atoms with van der Waals surface area (Å²) in [6.45, 7) is 15.3. The third-order valence-corrected chi connectivity index (χ3v) is 8.74. The summed E-state index contributed by atoms with van der Waals surface area (Å²) < 4.78 is 15.3. The molecular formula is C20H33BrClN3O3Si2. The molecule has 0 radical (unpaired) electrons. The van der Waals surface area contributed by atoms with Crippen molar-refractivity contribution in [2.45, 2.75) is 64.8 Å². The van der Waals surface area contributed by atoms with Crippen LogP contribution in [0.1, 0.15) is 0 Å². The lowest BCUT2D eigenvalue weighted by atomic mass is 10.2. The Kier molecular flexibility index (Phi) is 9.14. The van der Waals surface area contributed by atoms with E-state index in [1.165, 1.54) is 9.25 Å². The lowest BCUT2D eigenvalue weighted by Crippen LogP contribution is -2.28. The number of nitrogens with zero attached hydrogens (tertiary/aromatic N) is 3. The van der Waals surface area contributed by atoms with Crippen LogP contribution in [0.25, 0.3) is 11.4 Å². The Balaban J connectivity index is 2.23. The normalized spacial score (nSPS) is 12.5. The van der Waals surface area contributed by atoms with E-state index in [4.69, 9.17) is 21.1 Å². The molecule has 0 N–H and O–H groups in total. The molecule has 1 aromatic heterocycles. The van der Waals surface area contributed by atoms with Gasteiger partial charge in [-0.05, 0) is 30.3 Å². The maximum atomic E-state index is 13.0. The Bertz CT molecular complexity index is 904. The molecule has 168 valence electrons. The number of aromatic nitrogens is 3. The predicted octanol–water partition coefficient (Wildman–Crippen LogP) is 5.75. The van der Waals surface area contributed by atoms with Crippen molar-refractivity contribution >= 4 is 43.7 Å². The summed E-state index contributed by atoms with van der Waals surface area (Å²) in [4.78, 5) is 13.0. The van der Waals surface area contributed by atoms with E-state index in [9.17, 15) is 4.79 Å². The van der Waals surface area contributed by atoms with E-state index in [0.29, 0.717) is 29.6 Å². The molecule has 2 aromatic rings. The quantitative estimate of drug-likeness (QED) is 0.272. The van der Waals surface area contributed by atoms with Gasteiger partial charge in [0.25, 0.3) is 0 Å². The van der Waals surface area contributed by atoms with Gasteiger partial charge < -0.3 is 9.47 Å². The summed E-state index contributed by atoms with van der Waals surface area (Å²) in [6.07, 6.45) is 0. The fourth-order valence-corrected chi connectivity index (χ4v) is 4.85. The van der Waals surface area contributed by atoms with Gasteiger partial charge in [-0.1, -0.05) is 66.8 Å². The Morgan fingerprint density at radius 1 is 1.00 bits per heavy atom. The Morgan fingerprint density at radius 3 is 2.10 bits per heavy atom. The molecule has 0 bridgehead atoms. The van der Waals surface area contributed by atoms with Crippen LogP contribution in [0, 0.1) is 0 Å².